The molecule has 2 amide bonds. The van der Waals surface area contributed by atoms with Crippen molar-refractivity contribution in [3.8, 4) is 0 Å². The molecule has 1 aromatic carbocycles. The number of ether oxygens (including phenoxy) is 1. The first-order chi connectivity index (χ1) is 9.56. The maximum absolute atomic E-state index is 11.9. The average Bonchev–Trinajstić information content (AvgIpc) is 2.41. The highest BCUT2D eigenvalue weighted by atomic mass is 35.5. The molecule has 1 saturated heterocycles. The van der Waals surface area contributed by atoms with Crippen LogP contribution in [0.25, 0.3) is 0 Å². The van der Waals surface area contributed by atoms with Crippen molar-refractivity contribution in [1.29, 1.82) is 0 Å². The summed E-state index contributed by atoms with van der Waals surface area (Å²) in [4.78, 5) is 23.1. The highest BCUT2D eigenvalue weighted by Gasteiger charge is 2.17. The molecule has 1 fully saturated rings. The van der Waals surface area contributed by atoms with E-state index in [-0.39, 0.29) is 22.5 Å². The van der Waals surface area contributed by atoms with Crippen molar-refractivity contribution in [1.82, 2.24) is 5.32 Å². The number of rotatable bonds is 4. The number of amides is 2. The lowest BCUT2D eigenvalue weighted by molar-refractivity contribution is -0.117. The molecule has 0 aromatic heterocycles. The lowest BCUT2D eigenvalue weighted by Crippen LogP contribution is -2.43. The third kappa shape index (κ3) is 3.93. The van der Waals surface area contributed by atoms with E-state index in [1.807, 2.05) is 0 Å². The molecule has 1 unspecified atom stereocenters. The van der Waals surface area contributed by atoms with Crippen LogP contribution in [0.1, 0.15) is 16.8 Å². The van der Waals surface area contributed by atoms with Gasteiger partial charge in [0.05, 0.1) is 23.8 Å². The minimum Gasteiger partial charge on any atom is -0.378 e. The molecule has 1 heterocycles. The van der Waals surface area contributed by atoms with Crippen LogP contribution in [0.15, 0.2) is 18.2 Å². The fraction of sp³-hybridized carbons (Fsp3) is 0.385. The summed E-state index contributed by atoms with van der Waals surface area (Å²) in [6.07, 6.45) is 0.300. The number of anilines is 1. The van der Waals surface area contributed by atoms with Gasteiger partial charge in [-0.2, -0.15) is 0 Å². The molecule has 0 radical (unpaired) electrons. The number of nitrogens with two attached hydrogens (primary N) is 1. The minimum absolute atomic E-state index is 0.00617. The van der Waals surface area contributed by atoms with Gasteiger partial charge in [-0.05, 0) is 18.2 Å². The van der Waals surface area contributed by atoms with Crippen molar-refractivity contribution in [3.63, 3.8) is 0 Å². The smallest absolute Gasteiger partial charge is 0.250 e. The van der Waals surface area contributed by atoms with Crippen molar-refractivity contribution < 1.29 is 14.3 Å². The van der Waals surface area contributed by atoms with E-state index in [0.717, 1.165) is 6.54 Å². The molecule has 1 atom stereocenters. The first-order valence-corrected chi connectivity index (χ1v) is 6.64. The van der Waals surface area contributed by atoms with Crippen molar-refractivity contribution in [2.24, 2.45) is 5.73 Å². The molecular formula is C13H16ClN3O3. The van der Waals surface area contributed by atoms with Crippen LogP contribution in [-0.2, 0) is 9.53 Å². The average molecular weight is 298 g/mol. The summed E-state index contributed by atoms with van der Waals surface area (Å²) in [6.45, 7) is 1.92. The number of primary amides is 1. The van der Waals surface area contributed by atoms with Gasteiger partial charge in [0.25, 0.3) is 0 Å². The first kappa shape index (κ1) is 14.8. The van der Waals surface area contributed by atoms with E-state index in [1.165, 1.54) is 12.1 Å². The lowest BCUT2D eigenvalue weighted by Gasteiger charge is -2.23. The Bertz CT molecular complexity index is 516. The van der Waals surface area contributed by atoms with Crippen molar-refractivity contribution in [2.45, 2.75) is 12.5 Å². The van der Waals surface area contributed by atoms with Gasteiger partial charge in [0, 0.05) is 24.7 Å². The Morgan fingerprint density at radius 2 is 2.30 bits per heavy atom. The van der Waals surface area contributed by atoms with Crippen LogP contribution >= 0.6 is 11.6 Å². The second-order valence-corrected chi connectivity index (χ2v) is 4.94. The predicted octanol–water partition coefficient (Wildman–Crippen LogP) is 0.756. The van der Waals surface area contributed by atoms with Gasteiger partial charge in [-0.15, -0.1) is 0 Å². The van der Waals surface area contributed by atoms with Crippen molar-refractivity contribution in [2.75, 3.05) is 25.1 Å². The second kappa shape index (κ2) is 6.69. The third-order valence-electron chi connectivity index (χ3n) is 2.95. The van der Waals surface area contributed by atoms with Crippen LogP contribution < -0.4 is 16.4 Å². The van der Waals surface area contributed by atoms with E-state index in [0.29, 0.717) is 25.3 Å². The van der Waals surface area contributed by atoms with Gasteiger partial charge in [0.1, 0.15) is 0 Å². The monoisotopic (exact) mass is 297 g/mol. The molecule has 1 aliphatic rings. The van der Waals surface area contributed by atoms with Gasteiger partial charge in [0.15, 0.2) is 0 Å². The molecule has 1 aliphatic heterocycles. The third-order valence-corrected chi connectivity index (χ3v) is 3.28. The summed E-state index contributed by atoms with van der Waals surface area (Å²) in [5.74, 6) is -0.792. The summed E-state index contributed by atoms with van der Waals surface area (Å²) in [5, 5.41) is 6.17. The molecule has 4 N–H and O–H groups in total. The molecule has 20 heavy (non-hydrogen) atoms. The zero-order valence-electron chi connectivity index (χ0n) is 10.8. The number of hydrogen-bond donors (Lipinski definition) is 3. The highest BCUT2D eigenvalue weighted by Crippen LogP contribution is 2.20. The van der Waals surface area contributed by atoms with E-state index in [2.05, 4.69) is 10.6 Å². The number of benzene rings is 1. The van der Waals surface area contributed by atoms with Crippen LogP contribution in [0.2, 0.25) is 5.02 Å². The number of carbonyl (C=O) groups is 2. The fourth-order valence-electron chi connectivity index (χ4n) is 1.98. The van der Waals surface area contributed by atoms with E-state index in [9.17, 15) is 9.59 Å². The normalized spacial score (nSPS) is 18.6. The quantitative estimate of drug-likeness (QED) is 0.765. The van der Waals surface area contributed by atoms with E-state index >= 15 is 0 Å². The maximum Gasteiger partial charge on any atom is 0.250 e. The van der Waals surface area contributed by atoms with Gasteiger partial charge >= 0.3 is 0 Å². The number of carbonyl (C=O) groups excluding carboxylic acids is 2. The van der Waals surface area contributed by atoms with E-state index in [1.54, 1.807) is 6.07 Å². The molecule has 0 bridgehead atoms. The molecule has 2 rings (SSSR count). The summed E-state index contributed by atoms with van der Waals surface area (Å²) in [6, 6.07) is 4.62. The van der Waals surface area contributed by atoms with Crippen molar-refractivity contribution >= 4 is 29.1 Å². The predicted molar refractivity (Wildman–Crippen MR) is 75.8 cm³/mol. The fourth-order valence-corrected chi connectivity index (χ4v) is 2.19. The molecule has 0 saturated carbocycles. The van der Waals surface area contributed by atoms with Gasteiger partial charge in [-0.1, -0.05) is 11.6 Å². The number of morpholine rings is 1. The van der Waals surface area contributed by atoms with Gasteiger partial charge in [-0.25, -0.2) is 0 Å². The summed E-state index contributed by atoms with van der Waals surface area (Å²) < 4.78 is 5.28. The Morgan fingerprint density at radius 3 is 2.95 bits per heavy atom. The van der Waals surface area contributed by atoms with Gasteiger partial charge in [-0.3, -0.25) is 9.59 Å². The zero-order valence-corrected chi connectivity index (χ0v) is 11.6. The molecule has 6 nitrogen and oxygen atoms in total. The Labute approximate surface area is 121 Å². The number of halogens is 1. The van der Waals surface area contributed by atoms with Crippen LogP contribution in [0.5, 0.6) is 0 Å². The zero-order chi connectivity index (χ0) is 14.5. The van der Waals surface area contributed by atoms with Crippen LogP contribution in [-0.4, -0.2) is 37.6 Å². The van der Waals surface area contributed by atoms with Crippen LogP contribution in [0.3, 0.4) is 0 Å². The van der Waals surface area contributed by atoms with Crippen LogP contribution in [0, 0.1) is 0 Å². The molecule has 0 aliphatic carbocycles. The Balaban J connectivity index is 1.96. The summed E-state index contributed by atoms with van der Waals surface area (Å²) in [5.41, 5.74) is 5.88. The minimum atomic E-state index is -0.631. The number of hydrogen-bond acceptors (Lipinski definition) is 4. The largest absolute Gasteiger partial charge is 0.378 e. The molecule has 1 aromatic rings. The van der Waals surface area contributed by atoms with Crippen LogP contribution in [0.4, 0.5) is 5.69 Å². The lowest BCUT2D eigenvalue weighted by atomic mass is 10.1. The highest BCUT2D eigenvalue weighted by molar-refractivity contribution is 6.33. The first-order valence-electron chi connectivity index (χ1n) is 6.26. The molecule has 0 spiro atoms. The second-order valence-electron chi connectivity index (χ2n) is 4.54. The van der Waals surface area contributed by atoms with Crippen molar-refractivity contribution in [3.05, 3.63) is 28.8 Å². The Kier molecular flexibility index (Phi) is 4.94. The molecule has 108 valence electrons. The maximum atomic E-state index is 11.9. The Morgan fingerprint density at radius 1 is 1.50 bits per heavy atom. The topological polar surface area (TPSA) is 93.5 Å². The Hall–Kier alpha value is -1.63. The molecule has 7 heteroatoms. The number of nitrogens with one attached hydrogen (secondary N) is 2. The van der Waals surface area contributed by atoms with Gasteiger partial charge in [0.2, 0.25) is 11.8 Å². The standard InChI is InChI=1S/C13H16ClN3O3/c14-11-2-1-8(5-10(11)13(15)19)17-12(18)6-9-7-20-4-3-16-9/h1-2,5,9,16H,3-4,6-7H2,(H2,15,19)(H,17,18). The van der Waals surface area contributed by atoms with E-state index < -0.39 is 5.91 Å². The summed E-state index contributed by atoms with van der Waals surface area (Å²) in [7, 11) is 0. The summed E-state index contributed by atoms with van der Waals surface area (Å²) >= 11 is 5.84. The molecular weight excluding hydrogens is 282 g/mol. The SMILES string of the molecule is NC(=O)c1cc(NC(=O)CC2COCCN2)ccc1Cl. The van der Waals surface area contributed by atoms with Gasteiger partial charge < -0.3 is 21.1 Å². The van der Waals surface area contributed by atoms with E-state index in [4.69, 9.17) is 22.1 Å².